The van der Waals surface area contributed by atoms with Crippen molar-refractivity contribution in [2.24, 2.45) is 0 Å². The van der Waals surface area contributed by atoms with E-state index in [1.165, 1.54) is 38.5 Å². The number of nitrogens with zero attached hydrogens (tertiary/aromatic N) is 3. The molecule has 2 heterocycles. The number of carbonyl (C=O) groups is 1. The molecule has 140 valence electrons. The van der Waals surface area contributed by atoms with Gasteiger partial charge in [-0.25, -0.2) is 0 Å². The Morgan fingerprint density at radius 1 is 1.23 bits per heavy atom. The molecule has 0 aliphatic heterocycles. The number of thioether (sulfide) groups is 1. The van der Waals surface area contributed by atoms with Crippen molar-refractivity contribution >= 4 is 29.0 Å². The van der Waals surface area contributed by atoms with E-state index >= 15 is 0 Å². The predicted molar refractivity (Wildman–Crippen MR) is 107 cm³/mol. The molecule has 7 heteroatoms. The van der Waals surface area contributed by atoms with Gasteiger partial charge in [-0.1, -0.05) is 43.5 Å². The van der Waals surface area contributed by atoms with Crippen molar-refractivity contribution in [1.82, 2.24) is 20.1 Å². The van der Waals surface area contributed by atoms with Crippen LogP contribution in [0.15, 0.2) is 22.7 Å². The maximum Gasteiger partial charge on any atom is 0.233 e. The van der Waals surface area contributed by atoms with Crippen LogP contribution in [0.3, 0.4) is 0 Å². The highest BCUT2D eigenvalue weighted by Crippen LogP contribution is 2.42. The lowest BCUT2D eigenvalue weighted by Crippen LogP contribution is -2.39. The standard InChI is InChI=1S/C19H26N4OS2/c1-13(18(24)20-14-7-4-2-3-5-8-14)26-19-22-21-17(16-9-6-12-25-16)23(19)15-10-11-15/h6,9,12-15H,2-5,7-8,10-11H2,1H3,(H,20,24)/t13-/m0/s1. The summed E-state index contributed by atoms with van der Waals surface area (Å²) in [5.41, 5.74) is 0. The highest BCUT2D eigenvalue weighted by atomic mass is 32.2. The van der Waals surface area contributed by atoms with E-state index in [9.17, 15) is 4.79 Å². The number of carbonyl (C=O) groups excluding carboxylic acids is 1. The van der Waals surface area contributed by atoms with Crippen LogP contribution in [0.1, 0.15) is 64.3 Å². The summed E-state index contributed by atoms with van der Waals surface area (Å²) in [4.78, 5) is 13.8. The van der Waals surface area contributed by atoms with E-state index in [-0.39, 0.29) is 11.2 Å². The van der Waals surface area contributed by atoms with Gasteiger partial charge in [-0.15, -0.1) is 21.5 Å². The van der Waals surface area contributed by atoms with Crippen LogP contribution in [-0.4, -0.2) is 32.0 Å². The van der Waals surface area contributed by atoms with E-state index in [4.69, 9.17) is 0 Å². The van der Waals surface area contributed by atoms with Crippen LogP contribution < -0.4 is 5.32 Å². The average molecular weight is 391 g/mol. The number of thiophene rings is 1. The molecule has 2 aromatic heterocycles. The summed E-state index contributed by atoms with van der Waals surface area (Å²) in [5, 5.41) is 14.9. The van der Waals surface area contributed by atoms with Crippen LogP contribution in [0.2, 0.25) is 0 Å². The van der Waals surface area contributed by atoms with Crippen molar-refractivity contribution in [3.8, 4) is 10.7 Å². The molecule has 0 radical (unpaired) electrons. The highest BCUT2D eigenvalue weighted by molar-refractivity contribution is 8.00. The second kappa shape index (κ2) is 8.13. The first-order valence-corrected chi connectivity index (χ1v) is 11.4. The molecule has 2 aliphatic rings. The van der Waals surface area contributed by atoms with E-state index < -0.39 is 0 Å². The number of rotatable bonds is 6. The predicted octanol–water partition coefficient (Wildman–Crippen LogP) is 4.66. The van der Waals surface area contributed by atoms with E-state index in [1.54, 1.807) is 23.1 Å². The molecule has 0 spiro atoms. The molecular weight excluding hydrogens is 364 g/mol. The molecule has 0 unspecified atom stereocenters. The number of nitrogens with one attached hydrogen (secondary N) is 1. The molecular formula is C19H26N4OS2. The zero-order valence-electron chi connectivity index (χ0n) is 15.2. The van der Waals surface area contributed by atoms with Gasteiger partial charge in [0, 0.05) is 12.1 Å². The van der Waals surface area contributed by atoms with Gasteiger partial charge in [0.15, 0.2) is 11.0 Å². The van der Waals surface area contributed by atoms with Crippen LogP contribution in [-0.2, 0) is 4.79 Å². The Hall–Kier alpha value is -1.34. The molecule has 4 rings (SSSR count). The Morgan fingerprint density at radius 3 is 2.65 bits per heavy atom. The third-order valence-corrected chi connectivity index (χ3v) is 7.09. The largest absolute Gasteiger partial charge is 0.352 e. The van der Waals surface area contributed by atoms with Crippen molar-refractivity contribution in [3.05, 3.63) is 17.5 Å². The Bertz CT molecular complexity index is 731. The second-order valence-electron chi connectivity index (χ2n) is 7.34. The Balaban J connectivity index is 1.44. The molecule has 2 fully saturated rings. The van der Waals surface area contributed by atoms with Crippen LogP contribution in [0, 0.1) is 0 Å². The fourth-order valence-corrected chi connectivity index (χ4v) is 5.18. The third kappa shape index (κ3) is 4.14. The lowest BCUT2D eigenvalue weighted by Gasteiger charge is -2.19. The van der Waals surface area contributed by atoms with Gasteiger partial charge in [0.1, 0.15) is 0 Å². The quantitative estimate of drug-likeness (QED) is 0.575. The summed E-state index contributed by atoms with van der Waals surface area (Å²) in [6.45, 7) is 1.98. The maximum absolute atomic E-state index is 12.7. The first kappa shape index (κ1) is 18.0. The van der Waals surface area contributed by atoms with Crippen molar-refractivity contribution in [3.63, 3.8) is 0 Å². The first-order chi connectivity index (χ1) is 12.7. The second-order valence-corrected chi connectivity index (χ2v) is 9.60. The summed E-state index contributed by atoms with van der Waals surface area (Å²) < 4.78 is 2.24. The minimum Gasteiger partial charge on any atom is -0.352 e. The molecule has 0 bridgehead atoms. The first-order valence-electron chi connectivity index (χ1n) is 9.68. The van der Waals surface area contributed by atoms with Crippen LogP contribution in [0.4, 0.5) is 0 Å². The lowest BCUT2D eigenvalue weighted by molar-refractivity contribution is -0.121. The van der Waals surface area contributed by atoms with Gasteiger partial charge >= 0.3 is 0 Å². The molecule has 1 atom stereocenters. The summed E-state index contributed by atoms with van der Waals surface area (Å²) in [6.07, 6.45) is 9.63. The number of amides is 1. The van der Waals surface area contributed by atoms with Gasteiger partial charge in [-0.3, -0.25) is 9.36 Å². The van der Waals surface area contributed by atoms with E-state index in [0.717, 1.165) is 28.7 Å². The molecule has 1 N–H and O–H groups in total. The summed E-state index contributed by atoms with van der Waals surface area (Å²) >= 11 is 3.23. The fourth-order valence-electron chi connectivity index (χ4n) is 3.55. The van der Waals surface area contributed by atoms with Crippen molar-refractivity contribution in [2.45, 2.75) is 80.8 Å². The molecule has 26 heavy (non-hydrogen) atoms. The van der Waals surface area contributed by atoms with Gasteiger partial charge in [0.05, 0.1) is 10.1 Å². The number of hydrogen-bond donors (Lipinski definition) is 1. The molecule has 0 saturated heterocycles. The molecule has 1 amide bonds. The highest BCUT2D eigenvalue weighted by Gasteiger charge is 2.32. The minimum atomic E-state index is -0.156. The Morgan fingerprint density at radius 2 is 2.00 bits per heavy atom. The molecule has 2 aromatic rings. The van der Waals surface area contributed by atoms with Gasteiger partial charge < -0.3 is 5.32 Å². The zero-order chi connectivity index (χ0) is 17.9. The van der Waals surface area contributed by atoms with Crippen LogP contribution in [0.5, 0.6) is 0 Å². The maximum atomic E-state index is 12.7. The topological polar surface area (TPSA) is 59.8 Å². The molecule has 0 aromatic carbocycles. The molecule has 5 nitrogen and oxygen atoms in total. The third-order valence-electron chi connectivity index (χ3n) is 5.17. The fraction of sp³-hybridized carbons (Fsp3) is 0.632. The lowest BCUT2D eigenvalue weighted by atomic mass is 10.1. The van der Waals surface area contributed by atoms with Gasteiger partial charge in [-0.2, -0.15) is 0 Å². The van der Waals surface area contributed by atoms with E-state index in [0.29, 0.717) is 12.1 Å². The van der Waals surface area contributed by atoms with Crippen LogP contribution >= 0.6 is 23.1 Å². The number of aromatic nitrogens is 3. The zero-order valence-corrected chi connectivity index (χ0v) is 16.8. The summed E-state index contributed by atoms with van der Waals surface area (Å²) in [7, 11) is 0. The van der Waals surface area contributed by atoms with E-state index in [2.05, 4.69) is 31.5 Å². The Kier molecular flexibility index (Phi) is 5.64. The SMILES string of the molecule is C[C@H](Sc1nnc(-c2cccs2)n1C1CC1)C(=O)NC1CCCCCC1. The van der Waals surface area contributed by atoms with Crippen molar-refractivity contribution in [2.75, 3.05) is 0 Å². The van der Waals surface area contributed by atoms with Crippen molar-refractivity contribution in [1.29, 1.82) is 0 Å². The van der Waals surface area contributed by atoms with E-state index in [1.807, 2.05) is 13.0 Å². The average Bonchev–Trinajstić information content (AvgIpc) is 3.26. The Labute approximate surface area is 163 Å². The van der Waals surface area contributed by atoms with Gasteiger partial charge in [-0.05, 0) is 44.1 Å². The van der Waals surface area contributed by atoms with Crippen molar-refractivity contribution < 1.29 is 4.79 Å². The monoisotopic (exact) mass is 390 g/mol. The minimum absolute atomic E-state index is 0.130. The molecule has 2 saturated carbocycles. The van der Waals surface area contributed by atoms with Gasteiger partial charge in [0.2, 0.25) is 5.91 Å². The number of hydrogen-bond acceptors (Lipinski definition) is 5. The normalized spacial score (nSPS) is 19.9. The van der Waals surface area contributed by atoms with Crippen LogP contribution in [0.25, 0.3) is 10.7 Å². The van der Waals surface area contributed by atoms with Gasteiger partial charge in [0.25, 0.3) is 0 Å². The summed E-state index contributed by atoms with van der Waals surface area (Å²) in [5.74, 6) is 1.08. The molecule has 2 aliphatic carbocycles. The smallest absolute Gasteiger partial charge is 0.233 e. The summed E-state index contributed by atoms with van der Waals surface area (Å²) in [6, 6.07) is 4.96.